The van der Waals surface area contributed by atoms with Gasteiger partial charge >= 0.3 is 6.18 Å². The van der Waals surface area contributed by atoms with Gasteiger partial charge in [0, 0.05) is 24.9 Å². The van der Waals surface area contributed by atoms with Crippen molar-refractivity contribution in [3.8, 4) is 0 Å². The summed E-state index contributed by atoms with van der Waals surface area (Å²) in [6.07, 6.45) is -4.79. The van der Waals surface area contributed by atoms with Crippen LogP contribution in [0.25, 0.3) is 0 Å². The van der Waals surface area contributed by atoms with Crippen molar-refractivity contribution < 1.29 is 18.3 Å². The average molecular weight is 400 g/mol. The second-order valence-electron chi connectivity index (χ2n) is 5.95. The van der Waals surface area contributed by atoms with Crippen LogP contribution < -0.4 is 10.6 Å². The van der Waals surface area contributed by atoms with E-state index in [-0.39, 0.29) is 6.54 Å². The maximum atomic E-state index is 12.6. The monoisotopic (exact) mass is 400 g/mol. The molecule has 0 aliphatic rings. The van der Waals surface area contributed by atoms with Gasteiger partial charge in [-0.1, -0.05) is 29.8 Å². The molecule has 1 aromatic carbocycles. The number of hydrogen-bond acceptors (Lipinski definition) is 4. The van der Waals surface area contributed by atoms with Crippen LogP contribution in [0, 0.1) is 6.92 Å². The fourth-order valence-electron chi connectivity index (χ4n) is 2.26. The van der Waals surface area contributed by atoms with Gasteiger partial charge in [0.15, 0.2) is 11.7 Å². The maximum absolute atomic E-state index is 12.6. The Labute approximate surface area is 160 Å². The SMILES string of the molecule is CCNC(=NCC(O)c1ccc(C)cc1)NCCc1nc(C(F)(F)F)cs1. The number of hydrogen-bond donors (Lipinski definition) is 3. The molecule has 2 aromatic rings. The third-order valence-electron chi connectivity index (χ3n) is 3.70. The molecule has 0 saturated carbocycles. The summed E-state index contributed by atoms with van der Waals surface area (Å²) in [7, 11) is 0. The van der Waals surface area contributed by atoms with Gasteiger partial charge in [0.25, 0.3) is 0 Å². The van der Waals surface area contributed by atoms with Gasteiger partial charge in [-0.25, -0.2) is 4.98 Å². The van der Waals surface area contributed by atoms with Gasteiger partial charge in [-0.2, -0.15) is 13.2 Å². The van der Waals surface area contributed by atoms with E-state index in [1.165, 1.54) is 0 Å². The van der Waals surface area contributed by atoms with Crippen molar-refractivity contribution >= 4 is 17.3 Å². The topological polar surface area (TPSA) is 69.5 Å². The molecule has 0 bridgehead atoms. The fourth-order valence-corrected chi connectivity index (χ4v) is 3.06. The lowest BCUT2D eigenvalue weighted by Gasteiger charge is -2.13. The molecule has 0 aliphatic carbocycles. The van der Waals surface area contributed by atoms with E-state index in [0.717, 1.165) is 27.8 Å². The molecule has 1 atom stereocenters. The van der Waals surface area contributed by atoms with E-state index in [0.29, 0.717) is 30.5 Å². The minimum absolute atomic E-state index is 0.174. The minimum atomic E-state index is -4.41. The first-order chi connectivity index (χ1) is 12.8. The number of aliphatic imine (C=N–C) groups is 1. The molecule has 1 heterocycles. The molecule has 2 rings (SSSR count). The van der Waals surface area contributed by atoms with Crippen molar-refractivity contribution in [1.29, 1.82) is 0 Å². The van der Waals surface area contributed by atoms with Gasteiger partial charge in [0.05, 0.1) is 17.7 Å². The smallest absolute Gasteiger partial charge is 0.386 e. The van der Waals surface area contributed by atoms with Crippen LogP contribution in [0.2, 0.25) is 0 Å². The van der Waals surface area contributed by atoms with E-state index in [1.54, 1.807) is 0 Å². The maximum Gasteiger partial charge on any atom is 0.434 e. The number of benzene rings is 1. The third-order valence-corrected chi connectivity index (χ3v) is 4.61. The molecule has 0 spiro atoms. The number of aliphatic hydroxyl groups is 1. The van der Waals surface area contributed by atoms with Gasteiger partial charge in [-0.05, 0) is 19.4 Å². The predicted octanol–water partition coefficient (Wildman–Crippen LogP) is 3.30. The van der Waals surface area contributed by atoms with Crippen molar-refractivity contribution in [2.75, 3.05) is 19.6 Å². The van der Waals surface area contributed by atoms with Crippen molar-refractivity contribution in [3.63, 3.8) is 0 Å². The Morgan fingerprint density at radius 3 is 2.56 bits per heavy atom. The van der Waals surface area contributed by atoms with Crippen LogP contribution in [0.1, 0.15) is 34.9 Å². The third kappa shape index (κ3) is 6.84. The van der Waals surface area contributed by atoms with Crippen LogP contribution in [-0.2, 0) is 12.6 Å². The molecule has 3 N–H and O–H groups in total. The summed E-state index contributed by atoms with van der Waals surface area (Å²) in [5, 5.41) is 17.8. The lowest BCUT2D eigenvalue weighted by molar-refractivity contribution is -0.140. The number of nitrogens with zero attached hydrogens (tertiary/aromatic N) is 2. The lowest BCUT2D eigenvalue weighted by atomic mass is 10.1. The van der Waals surface area contributed by atoms with Crippen LogP contribution in [0.4, 0.5) is 13.2 Å². The van der Waals surface area contributed by atoms with Gasteiger partial charge in [-0.15, -0.1) is 11.3 Å². The second kappa shape index (κ2) is 9.70. The molecule has 0 fully saturated rings. The van der Waals surface area contributed by atoms with Crippen molar-refractivity contribution in [3.05, 3.63) is 51.5 Å². The van der Waals surface area contributed by atoms with Crippen LogP contribution in [-0.4, -0.2) is 35.7 Å². The first-order valence-corrected chi connectivity index (χ1v) is 9.46. The van der Waals surface area contributed by atoms with E-state index < -0.39 is 18.0 Å². The molecule has 1 aromatic heterocycles. The largest absolute Gasteiger partial charge is 0.434 e. The van der Waals surface area contributed by atoms with Crippen LogP contribution >= 0.6 is 11.3 Å². The summed E-state index contributed by atoms with van der Waals surface area (Å²) < 4.78 is 37.7. The van der Waals surface area contributed by atoms with Crippen LogP contribution in [0.5, 0.6) is 0 Å². The van der Waals surface area contributed by atoms with E-state index in [2.05, 4.69) is 20.6 Å². The number of halogens is 3. The highest BCUT2D eigenvalue weighted by Gasteiger charge is 2.33. The molecule has 5 nitrogen and oxygen atoms in total. The quantitative estimate of drug-likeness (QED) is 0.493. The number of alkyl halides is 3. The standard InChI is InChI=1S/C18H23F3N4OS/c1-3-22-17(24-10-14(26)13-6-4-12(2)5-7-13)23-9-8-16-25-15(11-27-16)18(19,20)21/h4-7,11,14,26H,3,8-10H2,1-2H3,(H2,22,23,24). The molecule has 1 unspecified atom stereocenters. The zero-order valence-electron chi connectivity index (χ0n) is 15.2. The molecular weight excluding hydrogens is 377 g/mol. The molecule has 0 radical (unpaired) electrons. The first kappa shape index (κ1) is 21.2. The summed E-state index contributed by atoms with van der Waals surface area (Å²) in [5.74, 6) is 0.497. The van der Waals surface area contributed by atoms with E-state index >= 15 is 0 Å². The number of nitrogens with one attached hydrogen (secondary N) is 2. The Bertz CT molecular complexity index is 744. The summed E-state index contributed by atoms with van der Waals surface area (Å²) in [5.41, 5.74) is 1.03. The highest BCUT2D eigenvalue weighted by molar-refractivity contribution is 7.09. The minimum Gasteiger partial charge on any atom is -0.386 e. The Morgan fingerprint density at radius 2 is 1.96 bits per heavy atom. The van der Waals surface area contributed by atoms with E-state index in [1.807, 2.05) is 38.1 Å². The lowest BCUT2D eigenvalue weighted by Crippen LogP contribution is -2.38. The van der Waals surface area contributed by atoms with Gasteiger partial charge < -0.3 is 15.7 Å². The Balaban J connectivity index is 1.87. The van der Waals surface area contributed by atoms with Gasteiger partial charge in [0.1, 0.15) is 0 Å². The van der Waals surface area contributed by atoms with Crippen LogP contribution in [0.15, 0.2) is 34.6 Å². The summed E-state index contributed by atoms with van der Waals surface area (Å²) in [6.45, 7) is 5.07. The number of guanidine groups is 1. The number of rotatable bonds is 7. The van der Waals surface area contributed by atoms with Crippen molar-refractivity contribution in [1.82, 2.24) is 15.6 Å². The van der Waals surface area contributed by atoms with E-state index in [9.17, 15) is 18.3 Å². The highest BCUT2D eigenvalue weighted by atomic mass is 32.1. The second-order valence-corrected chi connectivity index (χ2v) is 6.89. The molecular formula is C18H23F3N4OS. The fraction of sp³-hybridized carbons (Fsp3) is 0.444. The molecule has 9 heteroatoms. The molecule has 0 amide bonds. The first-order valence-electron chi connectivity index (χ1n) is 8.58. The Morgan fingerprint density at radius 1 is 1.26 bits per heavy atom. The van der Waals surface area contributed by atoms with Crippen LogP contribution in [0.3, 0.4) is 0 Å². The zero-order valence-corrected chi connectivity index (χ0v) is 16.0. The summed E-state index contributed by atoms with van der Waals surface area (Å²) in [6, 6.07) is 7.57. The molecule has 0 aliphatic heterocycles. The van der Waals surface area contributed by atoms with Gasteiger partial charge in [-0.3, -0.25) is 4.99 Å². The molecule has 0 saturated heterocycles. The van der Waals surface area contributed by atoms with Gasteiger partial charge in [0.2, 0.25) is 0 Å². The Kier molecular flexibility index (Phi) is 7.61. The van der Waals surface area contributed by atoms with Crippen molar-refractivity contribution in [2.45, 2.75) is 32.5 Å². The van der Waals surface area contributed by atoms with E-state index in [4.69, 9.17) is 0 Å². The predicted molar refractivity (Wildman–Crippen MR) is 101 cm³/mol. The normalized spacial score (nSPS) is 13.5. The summed E-state index contributed by atoms with van der Waals surface area (Å²) in [4.78, 5) is 7.93. The Hall–Kier alpha value is -2.13. The molecule has 148 valence electrons. The number of aromatic nitrogens is 1. The number of thiazole rings is 1. The average Bonchev–Trinajstić information content (AvgIpc) is 3.09. The highest BCUT2D eigenvalue weighted by Crippen LogP contribution is 2.30. The molecule has 27 heavy (non-hydrogen) atoms. The zero-order chi connectivity index (χ0) is 19.9. The number of aryl methyl sites for hydroxylation is 1. The number of aliphatic hydroxyl groups excluding tert-OH is 1. The van der Waals surface area contributed by atoms with Crippen molar-refractivity contribution in [2.24, 2.45) is 4.99 Å². The summed E-state index contributed by atoms with van der Waals surface area (Å²) >= 11 is 0.987.